The van der Waals surface area contributed by atoms with Crippen molar-refractivity contribution >= 4 is 18.6 Å². The fourth-order valence-corrected chi connectivity index (χ4v) is 1.87. The number of likely N-dealkylation sites (N-methyl/N-ethyl adjacent to an activating group) is 1. The maximum Gasteiger partial charge on any atom is 0.202 e. The first-order chi connectivity index (χ1) is 6.71. The van der Waals surface area contributed by atoms with E-state index in [1.54, 1.807) is 18.4 Å². The molecule has 2 aliphatic heterocycles. The predicted molar refractivity (Wildman–Crippen MR) is 62.7 cm³/mol. The van der Waals surface area contributed by atoms with Crippen LogP contribution >= 0.6 is 12.4 Å². The van der Waals surface area contributed by atoms with Crippen molar-refractivity contribution in [3.8, 4) is 0 Å². The zero-order valence-electron chi connectivity index (χ0n) is 8.90. The third-order valence-electron chi connectivity index (χ3n) is 2.89. The van der Waals surface area contributed by atoms with Gasteiger partial charge in [-0.05, 0) is 19.2 Å². The maximum atomic E-state index is 14.3. The van der Waals surface area contributed by atoms with E-state index in [2.05, 4.69) is 16.9 Å². The Bertz CT molecular complexity index is 261. The van der Waals surface area contributed by atoms with E-state index in [0.29, 0.717) is 0 Å². The number of hydrogen-bond donors (Lipinski definition) is 0. The normalized spacial score (nSPS) is 32.7. The molecule has 86 valence electrons. The number of rotatable bonds is 1. The van der Waals surface area contributed by atoms with E-state index in [4.69, 9.17) is 0 Å². The molecule has 2 heterocycles. The Balaban J connectivity index is 0.00000112. The molecule has 1 saturated heterocycles. The summed E-state index contributed by atoms with van der Waals surface area (Å²) in [6.45, 7) is 3.68. The number of nitrogens with zero attached hydrogens (tertiary/aromatic N) is 3. The summed E-state index contributed by atoms with van der Waals surface area (Å²) in [5.74, 6) is -1.34. The van der Waals surface area contributed by atoms with Crippen molar-refractivity contribution in [2.24, 2.45) is 4.99 Å². The lowest BCUT2D eigenvalue weighted by Crippen LogP contribution is -2.55. The van der Waals surface area contributed by atoms with Gasteiger partial charge in [-0.3, -0.25) is 9.89 Å². The maximum absolute atomic E-state index is 14.3. The van der Waals surface area contributed by atoms with Crippen LogP contribution in [0.25, 0.3) is 0 Å². The van der Waals surface area contributed by atoms with Crippen LogP contribution in [0, 0.1) is 0 Å². The molecule has 1 atom stereocenters. The highest BCUT2D eigenvalue weighted by Crippen LogP contribution is 2.23. The molecule has 1 fully saturated rings. The van der Waals surface area contributed by atoms with Crippen molar-refractivity contribution in [3.05, 3.63) is 12.2 Å². The highest BCUT2D eigenvalue weighted by Gasteiger charge is 2.36. The molecule has 0 bridgehead atoms. The molecule has 2 rings (SSSR count). The highest BCUT2D eigenvalue weighted by atomic mass is 35.5. The Hall–Kier alpha value is -0.450. The molecule has 0 aromatic carbocycles. The monoisotopic (exact) mass is 233 g/mol. The van der Waals surface area contributed by atoms with Gasteiger partial charge < -0.3 is 4.90 Å². The molecular formula is C10H17ClFN3. The summed E-state index contributed by atoms with van der Waals surface area (Å²) in [6, 6.07) is 0. The minimum atomic E-state index is -1.34. The first-order valence-electron chi connectivity index (χ1n) is 5.01. The van der Waals surface area contributed by atoms with Crippen molar-refractivity contribution in [3.63, 3.8) is 0 Å². The topological polar surface area (TPSA) is 18.8 Å². The number of halogens is 2. The number of piperazine rings is 1. The molecular weight excluding hydrogens is 217 g/mol. The molecule has 2 aliphatic rings. The molecule has 15 heavy (non-hydrogen) atoms. The lowest BCUT2D eigenvalue weighted by molar-refractivity contribution is -0.0134. The average Bonchev–Trinajstić information content (AvgIpc) is 2.19. The smallest absolute Gasteiger partial charge is 0.202 e. The summed E-state index contributed by atoms with van der Waals surface area (Å²) in [5, 5.41) is 0. The highest BCUT2D eigenvalue weighted by molar-refractivity contribution is 5.85. The molecule has 5 heteroatoms. The minimum absolute atomic E-state index is 0. The lowest BCUT2D eigenvalue weighted by Gasteiger charge is -2.40. The Labute approximate surface area is 96.1 Å². The van der Waals surface area contributed by atoms with Crippen LogP contribution < -0.4 is 0 Å². The standard InChI is InChI=1S/C10H16FN3.ClH/c1-13-5-7-14(8-6-13)10(11)3-2-4-12-9-10;/h2-4H,5-9H2,1H3;1H. The van der Waals surface area contributed by atoms with E-state index in [0.717, 1.165) is 26.2 Å². The number of dihydropyridines is 1. The second-order valence-corrected chi connectivity index (χ2v) is 3.96. The van der Waals surface area contributed by atoms with Crippen LogP contribution in [-0.4, -0.2) is 61.6 Å². The summed E-state index contributed by atoms with van der Waals surface area (Å²) in [6.07, 6.45) is 4.97. The minimum Gasteiger partial charge on any atom is -0.304 e. The molecule has 0 aromatic rings. The number of allylic oxidation sites excluding steroid dienone is 1. The second kappa shape index (κ2) is 5.05. The van der Waals surface area contributed by atoms with Gasteiger partial charge >= 0.3 is 0 Å². The molecule has 0 spiro atoms. The molecule has 0 aromatic heterocycles. The van der Waals surface area contributed by atoms with Crippen LogP contribution in [0.2, 0.25) is 0 Å². The molecule has 0 N–H and O–H groups in total. The van der Waals surface area contributed by atoms with Crippen LogP contribution in [0.5, 0.6) is 0 Å². The van der Waals surface area contributed by atoms with E-state index in [9.17, 15) is 4.39 Å². The number of alkyl halides is 1. The first kappa shape index (κ1) is 12.6. The Morgan fingerprint density at radius 3 is 2.47 bits per heavy atom. The van der Waals surface area contributed by atoms with E-state index >= 15 is 0 Å². The summed E-state index contributed by atoms with van der Waals surface area (Å²) in [5.41, 5.74) is 0. The quantitative estimate of drug-likeness (QED) is 0.629. The SMILES string of the molecule is CN1CCN(C2(F)C=CC=NC2)CC1.Cl. The number of aliphatic imine (C=N–C) groups is 1. The molecule has 0 saturated carbocycles. The summed E-state index contributed by atoms with van der Waals surface area (Å²) in [4.78, 5) is 8.08. The van der Waals surface area contributed by atoms with Gasteiger partial charge in [0.25, 0.3) is 0 Å². The summed E-state index contributed by atoms with van der Waals surface area (Å²) in [7, 11) is 2.07. The third-order valence-corrected chi connectivity index (χ3v) is 2.89. The van der Waals surface area contributed by atoms with Gasteiger partial charge in [-0.15, -0.1) is 12.4 Å². The third kappa shape index (κ3) is 2.77. The summed E-state index contributed by atoms with van der Waals surface area (Å²) >= 11 is 0. The Kier molecular flexibility index (Phi) is 4.25. The van der Waals surface area contributed by atoms with Crippen molar-refractivity contribution in [1.82, 2.24) is 9.80 Å². The summed E-state index contributed by atoms with van der Waals surface area (Å²) < 4.78 is 14.3. The molecule has 3 nitrogen and oxygen atoms in total. The van der Waals surface area contributed by atoms with Gasteiger partial charge in [0.1, 0.15) is 0 Å². The van der Waals surface area contributed by atoms with E-state index in [1.807, 2.05) is 4.90 Å². The molecule has 1 unspecified atom stereocenters. The fraction of sp³-hybridized carbons (Fsp3) is 0.700. The van der Waals surface area contributed by atoms with Gasteiger partial charge in [-0.2, -0.15) is 0 Å². The molecule has 0 radical (unpaired) electrons. The lowest BCUT2D eigenvalue weighted by atomic mass is 10.1. The van der Waals surface area contributed by atoms with Crippen LogP contribution in [0.4, 0.5) is 4.39 Å². The van der Waals surface area contributed by atoms with Crippen molar-refractivity contribution in [1.29, 1.82) is 0 Å². The molecule has 0 amide bonds. The Morgan fingerprint density at radius 2 is 1.93 bits per heavy atom. The van der Waals surface area contributed by atoms with Gasteiger partial charge in [0, 0.05) is 32.4 Å². The van der Waals surface area contributed by atoms with Crippen LogP contribution in [0.3, 0.4) is 0 Å². The van der Waals surface area contributed by atoms with E-state index in [1.165, 1.54) is 0 Å². The van der Waals surface area contributed by atoms with Crippen LogP contribution in [-0.2, 0) is 0 Å². The van der Waals surface area contributed by atoms with E-state index in [-0.39, 0.29) is 19.0 Å². The fourth-order valence-electron chi connectivity index (χ4n) is 1.87. The number of hydrogen-bond acceptors (Lipinski definition) is 3. The van der Waals surface area contributed by atoms with Crippen LogP contribution in [0.15, 0.2) is 17.1 Å². The van der Waals surface area contributed by atoms with Crippen molar-refractivity contribution in [2.45, 2.75) is 5.79 Å². The van der Waals surface area contributed by atoms with Gasteiger partial charge in [-0.25, -0.2) is 4.39 Å². The molecule has 0 aliphatic carbocycles. The van der Waals surface area contributed by atoms with Gasteiger partial charge in [0.2, 0.25) is 5.79 Å². The zero-order valence-corrected chi connectivity index (χ0v) is 9.71. The van der Waals surface area contributed by atoms with E-state index < -0.39 is 5.79 Å². The predicted octanol–water partition coefficient (Wildman–Crippen LogP) is 0.962. The van der Waals surface area contributed by atoms with Crippen LogP contribution in [0.1, 0.15) is 0 Å². The first-order valence-corrected chi connectivity index (χ1v) is 5.01. The van der Waals surface area contributed by atoms with Gasteiger partial charge in [0.15, 0.2) is 0 Å². The zero-order chi connectivity index (χ0) is 10.0. The van der Waals surface area contributed by atoms with Gasteiger partial charge in [-0.1, -0.05) is 0 Å². The second-order valence-electron chi connectivity index (χ2n) is 3.96. The Morgan fingerprint density at radius 1 is 1.27 bits per heavy atom. The largest absolute Gasteiger partial charge is 0.304 e. The average molecular weight is 234 g/mol. The van der Waals surface area contributed by atoms with Crippen molar-refractivity contribution in [2.75, 3.05) is 39.8 Å². The van der Waals surface area contributed by atoms with Gasteiger partial charge in [0.05, 0.1) is 6.54 Å². The van der Waals surface area contributed by atoms with Crippen molar-refractivity contribution < 1.29 is 4.39 Å².